The number of nitrogens with zero attached hydrogens (tertiary/aromatic N) is 4. The van der Waals surface area contributed by atoms with E-state index in [0.29, 0.717) is 11.0 Å². The van der Waals surface area contributed by atoms with Gasteiger partial charge in [-0.25, -0.2) is 4.68 Å². The summed E-state index contributed by atoms with van der Waals surface area (Å²) in [6.45, 7) is 8.21. The number of para-hydroxylation sites is 1. The molecule has 0 saturated heterocycles. The SMILES string of the molecule is CCC(CC)c1nnc(NC(=O)Cc2c(C)nn(-c3ccccc3)c2C)s1. The van der Waals surface area contributed by atoms with Crippen molar-refractivity contribution in [3.8, 4) is 5.69 Å². The highest BCUT2D eigenvalue weighted by Crippen LogP contribution is 2.28. The highest BCUT2D eigenvalue weighted by atomic mass is 32.1. The van der Waals surface area contributed by atoms with Gasteiger partial charge in [0.25, 0.3) is 0 Å². The molecule has 0 radical (unpaired) electrons. The Morgan fingerprint density at radius 3 is 2.52 bits per heavy atom. The van der Waals surface area contributed by atoms with Gasteiger partial charge in [-0.05, 0) is 38.8 Å². The number of amides is 1. The number of hydrogen-bond acceptors (Lipinski definition) is 5. The monoisotopic (exact) mass is 383 g/mol. The number of aryl methyl sites for hydroxylation is 1. The molecule has 1 aromatic carbocycles. The van der Waals surface area contributed by atoms with E-state index in [-0.39, 0.29) is 12.3 Å². The van der Waals surface area contributed by atoms with Gasteiger partial charge in [0.15, 0.2) is 0 Å². The third-order valence-electron chi connectivity index (χ3n) is 4.80. The van der Waals surface area contributed by atoms with E-state index in [0.717, 1.165) is 40.5 Å². The Hall–Kier alpha value is -2.54. The van der Waals surface area contributed by atoms with Gasteiger partial charge >= 0.3 is 0 Å². The molecule has 2 heterocycles. The second kappa shape index (κ2) is 8.43. The summed E-state index contributed by atoms with van der Waals surface area (Å²) in [5.74, 6) is 0.308. The number of carbonyl (C=O) groups excluding carboxylic acids is 1. The van der Waals surface area contributed by atoms with E-state index in [1.807, 2.05) is 48.9 Å². The molecule has 0 saturated carbocycles. The molecular weight excluding hydrogens is 358 g/mol. The standard InChI is InChI=1S/C20H25N5OS/c1-5-15(6-2)19-22-23-20(27-19)21-18(26)12-17-13(3)24-25(14(17)4)16-10-8-7-9-11-16/h7-11,15H,5-6,12H2,1-4H3,(H,21,23,26). The second-order valence-electron chi connectivity index (χ2n) is 6.58. The van der Waals surface area contributed by atoms with Gasteiger partial charge in [0.1, 0.15) is 5.01 Å². The molecule has 1 amide bonds. The molecule has 1 N–H and O–H groups in total. The van der Waals surface area contributed by atoms with Crippen LogP contribution in [0.2, 0.25) is 0 Å². The number of aromatic nitrogens is 4. The van der Waals surface area contributed by atoms with Gasteiger partial charge in [-0.15, -0.1) is 10.2 Å². The van der Waals surface area contributed by atoms with Crippen molar-refractivity contribution < 1.29 is 4.79 Å². The molecule has 7 heteroatoms. The number of rotatable bonds is 7. The average Bonchev–Trinajstić information content (AvgIpc) is 3.23. The van der Waals surface area contributed by atoms with Crippen LogP contribution >= 0.6 is 11.3 Å². The first kappa shape index (κ1) is 19.2. The number of benzene rings is 1. The molecule has 6 nitrogen and oxygen atoms in total. The van der Waals surface area contributed by atoms with E-state index in [4.69, 9.17) is 0 Å². The summed E-state index contributed by atoms with van der Waals surface area (Å²) in [4.78, 5) is 12.5. The number of hydrogen-bond donors (Lipinski definition) is 1. The summed E-state index contributed by atoms with van der Waals surface area (Å²) in [5, 5.41) is 17.4. The van der Waals surface area contributed by atoms with Crippen LogP contribution in [0.5, 0.6) is 0 Å². The van der Waals surface area contributed by atoms with E-state index in [9.17, 15) is 4.79 Å². The van der Waals surface area contributed by atoms with Crippen molar-refractivity contribution in [2.24, 2.45) is 0 Å². The zero-order valence-corrected chi connectivity index (χ0v) is 17.0. The molecule has 0 aliphatic rings. The van der Waals surface area contributed by atoms with Gasteiger partial charge in [0.2, 0.25) is 11.0 Å². The van der Waals surface area contributed by atoms with Crippen molar-refractivity contribution in [3.05, 3.63) is 52.3 Å². The molecule has 0 unspecified atom stereocenters. The quantitative estimate of drug-likeness (QED) is 0.655. The Morgan fingerprint density at radius 1 is 1.15 bits per heavy atom. The summed E-state index contributed by atoms with van der Waals surface area (Å²) in [6, 6.07) is 9.94. The predicted molar refractivity (Wildman–Crippen MR) is 109 cm³/mol. The lowest BCUT2D eigenvalue weighted by atomic mass is 10.1. The lowest BCUT2D eigenvalue weighted by Gasteiger charge is -2.06. The number of nitrogens with one attached hydrogen (secondary N) is 1. The van der Waals surface area contributed by atoms with Gasteiger partial charge in [0, 0.05) is 17.2 Å². The number of carbonyl (C=O) groups is 1. The highest BCUT2D eigenvalue weighted by molar-refractivity contribution is 7.15. The van der Waals surface area contributed by atoms with Gasteiger partial charge in [0.05, 0.1) is 17.8 Å². The topological polar surface area (TPSA) is 72.7 Å². The molecule has 142 valence electrons. The summed E-state index contributed by atoms with van der Waals surface area (Å²) < 4.78 is 1.88. The zero-order valence-electron chi connectivity index (χ0n) is 16.2. The summed E-state index contributed by atoms with van der Waals surface area (Å²) >= 11 is 1.46. The molecule has 0 fully saturated rings. The van der Waals surface area contributed by atoms with Crippen LogP contribution in [0.15, 0.2) is 30.3 Å². The van der Waals surface area contributed by atoms with Crippen LogP contribution in [0, 0.1) is 13.8 Å². The molecule has 0 spiro atoms. The molecule has 2 aromatic heterocycles. The minimum atomic E-state index is -0.0962. The van der Waals surface area contributed by atoms with Crippen molar-refractivity contribution in [1.29, 1.82) is 0 Å². The van der Waals surface area contributed by atoms with E-state index in [1.54, 1.807) is 0 Å². The Bertz CT molecular complexity index is 912. The molecule has 3 aromatic rings. The van der Waals surface area contributed by atoms with Gasteiger partial charge in [-0.1, -0.05) is 43.4 Å². The van der Waals surface area contributed by atoms with Gasteiger partial charge in [-0.2, -0.15) is 5.10 Å². The molecule has 27 heavy (non-hydrogen) atoms. The maximum absolute atomic E-state index is 12.5. The zero-order chi connectivity index (χ0) is 19.4. The van der Waals surface area contributed by atoms with Crippen molar-refractivity contribution in [2.75, 3.05) is 5.32 Å². The fourth-order valence-corrected chi connectivity index (χ4v) is 4.19. The first-order chi connectivity index (χ1) is 13.0. The van der Waals surface area contributed by atoms with Crippen molar-refractivity contribution >= 4 is 22.4 Å². The third-order valence-corrected chi connectivity index (χ3v) is 5.80. The Kier molecular flexibility index (Phi) is 6.01. The van der Waals surface area contributed by atoms with E-state index >= 15 is 0 Å². The van der Waals surface area contributed by atoms with Crippen LogP contribution in [-0.4, -0.2) is 25.9 Å². The third kappa shape index (κ3) is 4.24. The van der Waals surface area contributed by atoms with Crippen molar-refractivity contribution in [1.82, 2.24) is 20.0 Å². The minimum Gasteiger partial charge on any atom is -0.300 e. The Balaban J connectivity index is 1.73. The highest BCUT2D eigenvalue weighted by Gasteiger charge is 2.18. The van der Waals surface area contributed by atoms with Crippen LogP contribution in [0.25, 0.3) is 5.69 Å². The van der Waals surface area contributed by atoms with Crippen molar-refractivity contribution in [2.45, 2.75) is 52.9 Å². The maximum Gasteiger partial charge on any atom is 0.230 e. The summed E-state index contributed by atoms with van der Waals surface area (Å²) in [6.07, 6.45) is 2.32. The van der Waals surface area contributed by atoms with Gasteiger partial charge in [-0.3, -0.25) is 4.79 Å². The fraction of sp³-hybridized carbons (Fsp3) is 0.400. The van der Waals surface area contributed by atoms with Crippen LogP contribution in [0.1, 0.15) is 54.6 Å². The summed E-state index contributed by atoms with van der Waals surface area (Å²) in [5.41, 5.74) is 3.77. The molecule has 0 aliphatic heterocycles. The van der Waals surface area contributed by atoms with Crippen LogP contribution < -0.4 is 5.32 Å². The summed E-state index contributed by atoms with van der Waals surface area (Å²) in [7, 11) is 0. The van der Waals surface area contributed by atoms with E-state index in [1.165, 1.54) is 11.3 Å². The van der Waals surface area contributed by atoms with Crippen molar-refractivity contribution in [3.63, 3.8) is 0 Å². The lowest BCUT2D eigenvalue weighted by molar-refractivity contribution is -0.115. The predicted octanol–water partition coefficient (Wildman–Crippen LogP) is 4.43. The smallest absolute Gasteiger partial charge is 0.230 e. The lowest BCUT2D eigenvalue weighted by Crippen LogP contribution is -2.15. The molecule has 0 aliphatic carbocycles. The van der Waals surface area contributed by atoms with E-state index < -0.39 is 0 Å². The van der Waals surface area contributed by atoms with E-state index in [2.05, 4.69) is 34.5 Å². The van der Waals surface area contributed by atoms with Crippen LogP contribution in [0.4, 0.5) is 5.13 Å². The number of anilines is 1. The van der Waals surface area contributed by atoms with Crippen LogP contribution in [-0.2, 0) is 11.2 Å². The molecule has 3 rings (SSSR count). The molecule has 0 bridgehead atoms. The first-order valence-electron chi connectivity index (χ1n) is 9.27. The van der Waals surface area contributed by atoms with Gasteiger partial charge < -0.3 is 5.32 Å². The largest absolute Gasteiger partial charge is 0.300 e. The Morgan fingerprint density at radius 2 is 1.85 bits per heavy atom. The first-order valence-corrected chi connectivity index (χ1v) is 10.1. The minimum absolute atomic E-state index is 0.0962. The Labute approximate surface area is 163 Å². The normalized spacial score (nSPS) is 11.1. The average molecular weight is 384 g/mol. The molecule has 0 atom stereocenters. The molecular formula is C20H25N5OS. The fourth-order valence-electron chi connectivity index (χ4n) is 3.16. The second-order valence-corrected chi connectivity index (χ2v) is 7.59. The van der Waals surface area contributed by atoms with Crippen LogP contribution in [0.3, 0.4) is 0 Å². The maximum atomic E-state index is 12.5.